The highest BCUT2D eigenvalue weighted by molar-refractivity contribution is 6.31. The van der Waals surface area contributed by atoms with Crippen molar-refractivity contribution >= 4 is 23.2 Å². The van der Waals surface area contributed by atoms with Gasteiger partial charge in [-0.15, -0.1) is 0 Å². The van der Waals surface area contributed by atoms with E-state index in [0.29, 0.717) is 11.1 Å². The van der Waals surface area contributed by atoms with Crippen LogP contribution in [0, 0.1) is 23.0 Å². The summed E-state index contributed by atoms with van der Waals surface area (Å²) in [6.45, 7) is 0. The Hall–Kier alpha value is -1.63. The zero-order chi connectivity index (χ0) is 14.7. The Bertz CT molecular complexity index is 629. The van der Waals surface area contributed by atoms with Gasteiger partial charge in [0.25, 0.3) is 0 Å². The SMILES string of the molecule is N#CCC(c1ccc(F)c(Cl)c1)c1ccc(F)c(Cl)c1. The fraction of sp³-hybridized carbons (Fsp3) is 0.133. The van der Waals surface area contributed by atoms with E-state index in [2.05, 4.69) is 6.07 Å². The molecule has 2 aromatic rings. The number of nitriles is 1. The third-order valence-electron chi connectivity index (χ3n) is 2.99. The fourth-order valence-corrected chi connectivity index (χ4v) is 2.36. The van der Waals surface area contributed by atoms with Crippen LogP contribution in [0.15, 0.2) is 36.4 Å². The van der Waals surface area contributed by atoms with Crippen LogP contribution in [0.25, 0.3) is 0 Å². The van der Waals surface area contributed by atoms with Crippen molar-refractivity contribution in [3.8, 4) is 6.07 Å². The van der Waals surface area contributed by atoms with Crippen LogP contribution in [0.4, 0.5) is 8.78 Å². The summed E-state index contributed by atoms with van der Waals surface area (Å²) < 4.78 is 26.4. The molecule has 0 aliphatic rings. The van der Waals surface area contributed by atoms with Gasteiger partial charge in [-0.25, -0.2) is 8.78 Å². The maximum atomic E-state index is 13.2. The molecule has 0 atom stereocenters. The first-order chi connectivity index (χ1) is 9.52. The average Bonchev–Trinajstić information content (AvgIpc) is 2.43. The lowest BCUT2D eigenvalue weighted by Gasteiger charge is -2.15. The van der Waals surface area contributed by atoms with Gasteiger partial charge < -0.3 is 0 Å². The summed E-state index contributed by atoms with van der Waals surface area (Å²) in [4.78, 5) is 0. The van der Waals surface area contributed by atoms with E-state index in [1.807, 2.05) is 0 Å². The van der Waals surface area contributed by atoms with Crippen molar-refractivity contribution in [3.05, 3.63) is 69.2 Å². The third-order valence-corrected chi connectivity index (χ3v) is 3.57. The second kappa shape index (κ2) is 6.21. The molecule has 0 aliphatic carbocycles. The van der Waals surface area contributed by atoms with Gasteiger partial charge in [-0.2, -0.15) is 5.26 Å². The van der Waals surface area contributed by atoms with Gasteiger partial charge in [0.1, 0.15) is 11.6 Å². The Morgan fingerprint density at radius 3 is 1.75 bits per heavy atom. The molecule has 0 amide bonds. The molecule has 0 aliphatic heterocycles. The Morgan fingerprint density at radius 2 is 1.40 bits per heavy atom. The van der Waals surface area contributed by atoms with Gasteiger partial charge in [0.15, 0.2) is 0 Å². The quantitative estimate of drug-likeness (QED) is 0.752. The highest BCUT2D eigenvalue weighted by Gasteiger charge is 2.17. The number of hydrogen-bond donors (Lipinski definition) is 0. The molecule has 1 nitrogen and oxygen atoms in total. The molecule has 2 aromatic carbocycles. The van der Waals surface area contributed by atoms with E-state index in [0.717, 1.165) is 0 Å². The van der Waals surface area contributed by atoms with Crippen molar-refractivity contribution in [1.82, 2.24) is 0 Å². The third kappa shape index (κ3) is 3.09. The van der Waals surface area contributed by atoms with Crippen LogP contribution in [0.3, 0.4) is 0 Å². The van der Waals surface area contributed by atoms with Crippen LogP contribution in [0.5, 0.6) is 0 Å². The maximum absolute atomic E-state index is 13.2. The molecular formula is C15H9Cl2F2N. The largest absolute Gasteiger partial charge is 0.205 e. The van der Waals surface area contributed by atoms with Crippen LogP contribution < -0.4 is 0 Å². The molecule has 0 radical (unpaired) electrons. The molecule has 102 valence electrons. The van der Waals surface area contributed by atoms with E-state index in [4.69, 9.17) is 28.5 Å². The first kappa shape index (κ1) is 14.8. The minimum atomic E-state index is -0.525. The van der Waals surface area contributed by atoms with Crippen molar-refractivity contribution < 1.29 is 8.78 Å². The molecule has 0 bridgehead atoms. The molecule has 0 saturated carbocycles. The number of hydrogen-bond acceptors (Lipinski definition) is 1. The second-order valence-electron chi connectivity index (χ2n) is 4.26. The zero-order valence-corrected chi connectivity index (χ0v) is 11.7. The van der Waals surface area contributed by atoms with Gasteiger partial charge in [0.2, 0.25) is 0 Å². The molecule has 5 heteroatoms. The van der Waals surface area contributed by atoms with Crippen LogP contribution in [-0.2, 0) is 0 Å². The Kier molecular flexibility index (Phi) is 4.59. The van der Waals surface area contributed by atoms with Gasteiger partial charge in [0, 0.05) is 12.3 Å². The molecule has 0 aromatic heterocycles. The standard InChI is InChI=1S/C15H9Cl2F2N/c16-12-7-9(1-3-14(12)18)11(5-6-20)10-2-4-15(19)13(17)8-10/h1-4,7-8,11H,5H2. The van der Waals surface area contributed by atoms with Crippen LogP contribution in [-0.4, -0.2) is 0 Å². The maximum Gasteiger partial charge on any atom is 0.141 e. The monoisotopic (exact) mass is 311 g/mol. The van der Waals surface area contributed by atoms with E-state index >= 15 is 0 Å². The van der Waals surface area contributed by atoms with Crippen molar-refractivity contribution in [2.24, 2.45) is 0 Å². The van der Waals surface area contributed by atoms with Gasteiger partial charge >= 0.3 is 0 Å². The van der Waals surface area contributed by atoms with Gasteiger partial charge in [-0.1, -0.05) is 35.3 Å². The highest BCUT2D eigenvalue weighted by atomic mass is 35.5. The molecular weight excluding hydrogens is 303 g/mol. The summed E-state index contributed by atoms with van der Waals surface area (Å²) >= 11 is 11.5. The van der Waals surface area contributed by atoms with Crippen LogP contribution in [0.2, 0.25) is 10.0 Å². The summed E-state index contributed by atoms with van der Waals surface area (Å²) in [6.07, 6.45) is 0.157. The number of nitrogens with zero attached hydrogens (tertiary/aromatic N) is 1. The van der Waals surface area contributed by atoms with Crippen molar-refractivity contribution in [3.63, 3.8) is 0 Å². The van der Waals surface area contributed by atoms with Crippen LogP contribution >= 0.6 is 23.2 Å². The van der Waals surface area contributed by atoms with Gasteiger partial charge in [0.05, 0.1) is 16.1 Å². The Morgan fingerprint density at radius 1 is 0.950 bits per heavy atom. The lowest BCUT2D eigenvalue weighted by Crippen LogP contribution is -2.01. The van der Waals surface area contributed by atoms with E-state index in [9.17, 15) is 8.78 Å². The van der Waals surface area contributed by atoms with Crippen molar-refractivity contribution in [2.75, 3.05) is 0 Å². The first-order valence-electron chi connectivity index (χ1n) is 5.79. The average molecular weight is 312 g/mol. The summed E-state index contributed by atoms with van der Waals surface area (Å²) in [5.41, 5.74) is 1.36. The Balaban J connectivity index is 2.47. The minimum Gasteiger partial charge on any atom is -0.205 e. The number of rotatable bonds is 3. The van der Waals surface area contributed by atoms with E-state index < -0.39 is 11.6 Å². The summed E-state index contributed by atoms with van der Waals surface area (Å²) in [7, 11) is 0. The van der Waals surface area contributed by atoms with Crippen molar-refractivity contribution in [2.45, 2.75) is 12.3 Å². The van der Waals surface area contributed by atoms with Crippen LogP contribution in [0.1, 0.15) is 23.5 Å². The topological polar surface area (TPSA) is 23.8 Å². The molecule has 0 spiro atoms. The predicted molar refractivity (Wildman–Crippen MR) is 74.9 cm³/mol. The molecule has 0 fully saturated rings. The summed E-state index contributed by atoms with van der Waals surface area (Å²) in [5.74, 6) is -1.39. The molecule has 0 heterocycles. The normalized spacial score (nSPS) is 10.6. The minimum absolute atomic E-state index is 0.0151. The lowest BCUT2D eigenvalue weighted by molar-refractivity contribution is 0.625. The second-order valence-corrected chi connectivity index (χ2v) is 5.08. The fourth-order valence-electron chi connectivity index (χ4n) is 1.98. The molecule has 0 N–H and O–H groups in total. The summed E-state index contributed by atoms with van der Waals surface area (Å²) in [5, 5.41) is 8.91. The summed E-state index contributed by atoms with van der Waals surface area (Å²) in [6, 6.07) is 10.6. The molecule has 0 unspecified atom stereocenters. The van der Waals surface area contributed by atoms with Crippen molar-refractivity contribution in [1.29, 1.82) is 5.26 Å². The molecule has 20 heavy (non-hydrogen) atoms. The first-order valence-corrected chi connectivity index (χ1v) is 6.55. The van der Waals surface area contributed by atoms with E-state index in [1.54, 1.807) is 12.1 Å². The number of benzene rings is 2. The van der Waals surface area contributed by atoms with Gasteiger partial charge in [-0.05, 0) is 35.4 Å². The number of halogens is 4. The molecule has 0 saturated heterocycles. The lowest BCUT2D eigenvalue weighted by atomic mass is 9.89. The van der Waals surface area contributed by atoms with E-state index in [1.165, 1.54) is 24.3 Å². The Labute approximate surface area is 125 Å². The predicted octanol–water partition coefficient (Wildman–Crippen LogP) is 5.32. The molecule has 2 rings (SSSR count). The van der Waals surface area contributed by atoms with Gasteiger partial charge in [-0.3, -0.25) is 0 Å². The smallest absolute Gasteiger partial charge is 0.141 e. The van der Waals surface area contributed by atoms with E-state index in [-0.39, 0.29) is 22.4 Å². The highest BCUT2D eigenvalue weighted by Crippen LogP contribution is 2.32. The zero-order valence-electron chi connectivity index (χ0n) is 10.2.